The van der Waals surface area contributed by atoms with Crippen LogP contribution in [-0.2, 0) is 16.7 Å². The molecule has 7 heteroatoms. The molecule has 6 nitrogen and oxygen atoms in total. The highest BCUT2D eigenvalue weighted by Gasteiger charge is 2.23. The van der Waals surface area contributed by atoms with Gasteiger partial charge < -0.3 is 13.5 Å². The molecule has 1 heterocycles. The minimum absolute atomic E-state index is 0.00317. The molecule has 1 atom stereocenters. The molecule has 2 aromatic rings. The van der Waals surface area contributed by atoms with Gasteiger partial charge in [-0.25, -0.2) is 0 Å². The number of carbonyl (C=O) groups is 1. The Morgan fingerprint density at radius 1 is 1.19 bits per heavy atom. The molecule has 1 aromatic heterocycles. The quantitative estimate of drug-likeness (QED) is 0.651. The molecule has 0 saturated heterocycles. The van der Waals surface area contributed by atoms with Gasteiger partial charge in [-0.1, -0.05) is 19.1 Å². The molecule has 0 aliphatic carbocycles. The van der Waals surface area contributed by atoms with Crippen LogP contribution in [0.1, 0.15) is 50.2 Å². The van der Waals surface area contributed by atoms with Crippen molar-refractivity contribution in [2.75, 3.05) is 0 Å². The second-order valence-corrected chi connectivity index (χ2v) is 8.53. The Kier molecular flexibility index (Phi) is 6.47. The van der Waals surface area contributed by atoms with Crippen LogP contribution in [0, 0.1) is 0 Å². The van der Waals surface area contributed by atoms with E-state index in [-0.39, 0.29) is 23.5 Å². The number of hydrogen-bond acceptors (Lipinski definition) is 5. The van der Waals surface area contributed by atoms with Crippen LogP contribution in [0.25, 0.3) is 0 Å². The molecule has 0 radical (unpaired) electrons. The lowest BCUT2D eigenvalue weighted by atomic mass is 10.1. The average molecular weight is 379 g/mol. The van der Waals surface area contributed by atoms with Crippen LogP contribution < -0.4 is 4.18 Å². The summed E-state index contributed by atoms with van der Waals surface area (Å²) in [4.78, 5) is 14.4. The van der Waals surface area contributed by atoms with E-state index in [4.69, 9.17) is 8.60 Å². The summed E-state index contributed by atoms with van der Waals surface area (Å²) < 4.78 is 34.3. The molecule has 1 amide bonds. The summed E-state index contributed by atoms with van der Waals surface area (Å²) in [6.45, 7) is 7.41. The van der Waals surface area contributed by atoms with Gasteiger partial charge in [-0.15, -0.1) is 0 Å². The number of benzene rings is 1. The minimum Gasteiger partial charge on any atom is -0.459 e. The normalized spacial score (nSPS) is 12.8. The predicted octanol–water partition coefficient (Wildman–Crippen LogP) is 3.84. The molecule has 0 aliphatic rings. The van der Waals surface area contributed by atoms with Crippen molar-refractivity contribution in [2.45, 2.75) is 52.0 Å². The summed E-state index contributed by atoms with van der Waals surface area (Å²) in [5.74, 6) is 0.316. The van der Waals surface area contributed by atoms with Crippen molar-refractivity contribution in [1.82, 2.24) is 4.90 Å². The Morgan fingerprint density at radius 3 is 2.50 bits per heavy atom. The van der Waals surface area contributed by atoms with Crippen molar-refractivity contribution in [1.29, 1.82) is 0 Å². The van der Waals surface area contributed by atoms with Crippen LogP contribution in [0.3, 0.4) is 0 Å². The zero-order chi connectivity index (χ0) is 19.3. The Bertz CT molecular complexity index is 827. The highest BCUT2D eigenvalue weighted by atomic mass is 32.2. The summed E-state index contributed by atoms with van der Waals surface area (Å²) in [6, 6.07) is 10.1. The first kappa shape index (κ1) is 20.0. The van der Waals surface area contributed by atoms with E-state index in [1.165, 1.54) is 6.26 Å². The molecule has 0 unspecified atom stereocenters. The first-order valence-corrected chi connectivity index (χ1v) is 10.1. The van der Waals surface area contributed by atoms with Gasteiger partial charge in [-0.3, -0.25) is 4.79 Å². The maximum absolute atomic E-state index is 12.7. The van der Waals surface area contributed by atoms with Gasteiger partial charge in [0.25, 0.3) is 5.91 Å². The lowest BCUT2D eigenvalue weighted by Gasteiger charge is -2.28. The lowest BCUT2D eigenvalue weighted by Crippen LogP contribution is -2.37. The van der Waals surface area contributed by atoms with E-state index in [1.807, 2.05) is 19.9 Å². The van der Waals surface area contributed by atoms with E-state index in [0.29, 0.717) is 6.54 Å². The largest absolute Gasteiger partial charge is 0.459 e. The topological polar surface area (TPSA) is 76.8 Å². The molecule has 0 spiro atoms. The van der Waals surface area contributed by atoms with Crippen LogP contribution in [0.2, 0.25) is 0 Å². The second kappa shape index (κ2) is 8.40. The fourth-order valence-corrected chi connectivity index (χ4v) is 2.88. The molecule has 142 valence electrons. The second-order valence-electron chi connectivity index (χ2n) is 6.44. The number of hydrogen-bond donors (Lipinski definition) is 0. The Balaban J connectivity index is 2.23. The van der Waals surface area contributed by atoms with E-state index in [1.54, 1.807) is 49.1 Å². The maximum Gasteiger partial charge on any atom is 0.311 e. The highest BCUT2D eigenvalue weighted by molar-refractivity contribution is 7.87. The summed E-state index contributed by atoms with van der Waals surface area (Å²) in [6.07, 6.45) is 2.25. The van der Waals surface area contributed by atoms with Gasteiger partial charge in [-0.05, 0) is 57.0 Å². The third kappa shape index (κ3) is 4.88. The van der Waals surface area contributed by atoms with Crippen LogP contribution >= 0.6 is 0 Å². The maximum atomic E-state index is 12.7. The van der Waals surface area contributed by atoms with Crippen LogP contribution in [0.4, 0.5) is 0 Å². The van der Waals surface area contributed by atoms with Crippen molar-refractivity contribution in [3.63, 3.8) is 0 Å². The van der Waals surface area contributed by atoms with Gasteiger partial charge in [0.05, 0.1) is 11.5 Å². The Hall–Kier alpha value is -2.28. The average Bonchev–Trinajstić information content (AvgIpc) is 3.13. The Morgan fingerprint density at radius 2 is 1.92 bits per heavy atom. The van der Waals surface area contributed by atoms with Crippen LogP contribution in [0.15, 0.2) is 47.1 Å². The zero-order valence-electron chi connectivity index (χ0n) is 15.5. The number of carbonyl (C=O) groups excluding carboxylic acids is 1. The fraction of sp³-hybridized carbons (Fsp3) is 0.421. The van der Waals surface area contributed by atoms with E-state index >= 15 is 0 Å². The molecular weight excluding hydrogens is 354 g/mol. The first-order chi connectivity index (χ1) is 12.2. The molecule has 0 saturated carbocycles. The summed E-state index contributed by atoms with van der Waals surface area (Å²) in [7, 11) is -3.66. The lowest BCUT2D eigenvalue weighted by molar-refractivity contribution is 0.0638. The zero-order valence-corrected chi connectivity index (χ0v) is 16.3. The number of amides is 1. The predicted molar refractivity (Wildman–Crippen MR) is 99.5 cm³/mol. The third-order valence-corrected chi connectivity index (χ3v) is 5.74. The van der Waals surface area contributed by atoms with Gasteiger partial charge in [0, 0.05) is 12.6 Å². The molecule has 26 heavy (non-hydrogen) atoms. The standard InChI is InChI=1S/C19H25NO5S/c1-5-15(4)20(19(21)18-10-7-11-24-18)13-16-8-6-9-17(12-16)25-26(22,23)14(2)3/h6-12,14-15H,5,13H2,1-4H3/t15-/m1/s1. The van der Waals surface area contributed by atoms with Gasteiger partial charge in [0.2, 0.25) is 0 Å². The van der Waals surface area contributed by atoms with E-state index in [9.17, 15) is 13.2 Å². The van der Waals surface area contributed by atoms with E-state index in [0.717, 1.165) is 12.0 Å². The SMILES string of the molecule is CC[C@@H](C)N(Cc1cccc(OS(=O)(=O)C(C)C)c1)C(=O)c1ccco1. The van der Waals surface area contributed by atoms with Gasteiger partial charge >= 0.3 is 10.1 Å². The van der Waals surface area contributed by atoms with Crippen molar-refractivity contribution in [3.8, 4) is 5.75 Å². The molecule has 0 aliphatic heterocycles. The smallest absolute Gasteiger partial charge is 0.311 e. The molecule has 1 aromatic carbocycles. The fourth-order valence-electron chi connectivity index (χ4n) is 2.31. The van der Waals surface area contributed by atoms with Crippen molar-refractivity contribution in [3.05, 3.63) is 54.0 Å². The summed E-state index contributed by atoms with van der Waals surface area (Å²) >= 11 is 0. The molecule has 0 N–H and O–H groups in total. The highest BCUT2D eigenvalue weighted by Crippen LogP contribution is 2.21. The van der Waals surface area contributed by atoms with Gasteiger partial charge in [0.1, 0.15) is 5.75 Å². The molecule has 0 bridgehead atoms. The third-order valence-electron chi connectivity index (χ3n) is 4.16. The van der Waals surface area contributed by atoms with Crippen molar-refractivity contribution < 1.29 is 21.8 Å². The van der Waals surface area contributed by atoms with Crippen LogP contribution in [-0.4, -0.2) is 30.5 Å². The molecule has 2 rings (SSSR count). The molecule has 0 fully saturated rings. The monoisotopic (exact) mass is 379 g/mol. The number of furan rings is 1. The van der Waals surface area contributed by atoms with Crippen molar-refractivity contribution >= 4 is 16.0 Å². The number of nitrogens with zero attached hydrogens (tertiary/aromatic N) is 1. The first-order valence-electron chi connectivity index (χ1n) is 8.61. The summed E-state index contributed by atoms with van der Waals surface area (Å²) in [5, 5.41) is -0.636. The minimum atomic E-state index is -3.66. The van der Waals surface area contributed by atoms with Crippen molar-refractivity contribution in [2.24, 2.45) is 0 Å². The molecular formula is C19H25NO5S. The van der Waals surface area contributed by atoms with Gasteiger partial charge in [-0.2, -0.15) is 8.42 Å². The Labute approximate surface area is 154 Å². The van der Waals surface area contributed by atoms with E-state index in [2.05, 4.69) is 0 Å². The number of rotatable bonds is 8. The summed E-state index contributed by atoms with van der Waals surface area (Å²) in [5.41, 5.74) is 0.779. The van der Waals surface area contributed by atoms with E-state index < -0.39 is 15.4 Å². The van der Waals surface area contributed by atoms with Gasteiger partial charge in [0.15, 0.2) is 5.76 Å². The van der Waals surface area contributed by atoms with Crippen LogP contribution in [0.5, 0.6) is 5.75 Å².